The first-order valence-corrected chi connectivity index (χ1v) is 7.09. The van der Waals surface area contributed by atoms with Gasteiger partial charge < -0.3 is 15.8 Å². The van der Waals surface area contributed by atoms with Gasteiger partial charge in [0.25, 0.3) is 5.91 Å². The Bertz CT molecular complexity index is 456. The molecule has 0 aromatic heterocycles. The lowest BCUT2D eigenvalue weighted by Gasteiger charge is -2.19. The number of benzene rings is 1. The Morgan fingerprint density at radius 1 is 1.40 bits per heavy atom. The average molecular weight is 274 g/mol. The van der Waals surface area contributed by atoms with Gasteiger partial charge in [0.2, 0.25) is 0 Å². The molecule has 1 amide bonds. The molecule has 3 N–H and O–H groups in total. The largest absolute Gasteiger partial charge is 0.490 e. The molecule has 2 atom stereocenters. The predicted octanol–water partition coefficient (Wildman–Crippen LogP) is 2.11. The smallest absolute Gasteiger partial charge is 0.251 e. The molecular formula is C16H22N2O2. The maximum atomic E-state index is 12.2. The third kappa shape index (κ3) is 3.61. The number of hydrogen-bond donors (Lipinski definition) is 2. The van der Waals surface area contributed by atoms with E-state index in [4.69, 9.17) is 10.5 Å². The van der Waals surface area contributed by atoms with Crippen LogP contribution in [0.15, 0.2) is 36.9 Å². The van der Waals surface area contributed by atoms with E-state index in [9.17, 15) is 4.79 Å². The zero-order chi connectivity index (χ0) is 14.4. The second kappa shape index (κ2) is 7.10. The molecule has 1 aromatic carbocycles. The van der Waals surface area contributed by atoms with Crippen molar-refractivity contribution in [3.63, 3.8) is 0 Å². The Kier molecular flexibility index (Phi) is 5.18. The van der Waals surface area contributed by atoms with Gasteiger partial charge in [-0.05, 0) is 49.6 Å². The molecule has 1 saturated carbocycles. The van der Waals surface area contributed by atoms with E-state index in [1.807, 2.05) is 0 Å². The lowest BCUT2D eigenvalue weighted by molar-refractivity contribution is 0.0929. The highest BCUT2D eigenvalue weighted by atomic mass is 16.5. The van der Waals surface area contributed by atoms with Gasteiger partial charge in [-0.25, -0.2) is 0 Å². The van der Waals surface area contributed by atoms with Crippen molar-refractivity contribution < 1.29 is 9.53 Å². The van der Waals surface area contributed by atoms with E-state index in [0.717, 1.165) is 25.0 Å². The van der Waals surface area contributed by atoms with Gasteiger partial charge in [-0.3, -0.25) is 4.79 Å². The molecule has 4 heteroatoms. The van der Waals surface area contributed by atoms with Crippen LogP contribution in [0.4, 0.5) is 0 Å². The number of nitrogens with two attached hydrogens (primary N) is 1. The molecule has 0 heterocycles. The summed E-state index contributed by atoms with van der Waals surface area (Å²) in [6, 6.07) is 7.37. The molecule has 108 valence electrons. The summed E-state index contributed by atoms with van der Waals surface area (Å²) in [4.78, 5) is 12.2. The fraction of sp³-hybridized carbons (Fsp3) is 0.438. The topological polar surface area (TPSA) is 64.3 Å². The first kappa shape index (κ1) is 14.6. The Balaban J connectivity index is 1.93. The van der Waals surface area contributed by atoms with Crippen molar-refractivity contribution in [1.29, 1.82) is 0 Å². The Morgan fingerprint density at radius 2 is 2.15 bits per heavy atom. The fourth-order valence-electron chi connectivity index (χ4n) is 2.62. The molecule has 20 heavy (non-hydrogen) atoms. The van der Waals surface area contributed by atoms with E-state index in [1.165, 1.54) is 0 Å². The molecule has 0 spiro atoms. The van der Waals surface area contributed by atoms with Crippen LogP contribution in [0.25, 0.3) is 0 Å². The normalized spacial score (nSPS) is 21.4. The number of hydrogen-bond acceptors (Lipinski definition) is 3. The highest BCUT2D eigenvalue weighted by Crippen LogP contribution is 2.25. The van der Waals surface area contributed by atoms with Crippen molar-refractivity contribution >= 4 is 5.91 Å². The van der Waals surface area contributed by atoms with Crippen LogP contribution >= 0.6 is 0 Å². The Hall–Kier alpha value is -1.81. The zero-order valence-corrected chi connectivity index (χ0v) is 11.7. The third-order valence-corrected chi connectivity index (χ3v) is 3.76. The molecule has 1 aliphatic rings. The number of nitrogens with one attached hydrogen (secondary N) is 1. The standard InChI is InChI=1S/C16H22N2O2/c1-2-10-20-14-8-6-12(7-9-14)16(19)18-15-5-3-4-13(15)11-17/h2,6-9,13,15H,1,3-5,10-11,17H2,(H,18,19). The fourth-order valence-corrected chi connectivity index (χ4v) is 2.62. The summed E-state index contributed by atoms with van der Waals surface area (Å²) < 4.78 is 5.39. The summed E-state index contributed by atoms with van der Waals surface area (Å²) in [6.07, 6.45) is 4.96. The molecule has 2 rings (SSSR count). The molecular weight excluding hydrogens is 252 g/mol. The first-order valence-electron chi connectivity index (χ1n) is 7.09. The van der Waals surface area contributed by atoms with Crippen LogP contribution in [0.3, 0.4) is 0 Å². The van der Waals surface area contributed by atoms with Crippen molar-refractivity contribution in [2.45, 2.75) is 25.3 Å². The van der Waals surface area contributed by atoms with Crippen LogP contribution in [-0.2, 0) is 0 Å². The van der Waals surface area contributed by atoms with Gasteiger partial charge in [-0.1, -0.05) is 19.1 Å². The van der Waals surface area contributed by atoms with Gasteiger partial charge in [0.05, 0.1) is 0 Å². The minimum atomic E-state index is -0.0365. The highest BCUT2D eigenvalue weighted by Gasteiger charge is 2.27. The van der Waals surface area contributed by atoms with Gasteiger partial charge in [-0.2, -0.15) is 0 Å². The van der Waals surface area contributed by atoms with Crippen molar-refractivity contribution in [1.82, 2.24) is 5.32 Å². The average Bonchev–Trinajstić information content (AvgIpc) is 2.92. The summed E-state index contributed by atoms with van der Waals surface area (Å²) in [7, 11) is 0. The molecule has 2 unspecified atom stereocenters. The molecule has 0 bridgehead atoms. The van der Waals surface area contributed by atoms with E-state index in [2.05, 4.69) is 11.9 Å². The third-order valence-electron chi connectivity index (χ3n) is 3.76. The molecule has 1 aromatic rings. The van der Waals surface area contributed by atoms with E-state index in [-0.39, 0.29) is 11.9 Å². The van der Waals surface area contributed by atoms with E-state index in [0.29, 0.717) is 24.6 Å². The zero-order valence-electron chi connectivity index (χ0n) is 11.7. The molecule has 4 nitrogen and oxygen atoms in total. The number of ether oxygens (including phenoxy) is 1. The monoisotopic (exact) mass is 274 g/mol. The molecule has 1 fully saturated rings. The number of carbonyl (C=O) groups excluding carboxylic acids is 1. The Labute approximate surface area is 120 Å². The molecule has 0 radical (unpaired) electrons. The van der Waals surface area contributed by atoms with Crippen molar-refractivity contribution in [3.8, 4) is 5.75 Å². The SMILES string of the molecule is C=CCOc1ccc(C(=O)NC2CCCC2CN)cc1. The van der Waals surface area contributed by atoms with Crippen LogP contribution < -0.4 is 15.8 Å². The van der Waals surface area contributed by atoms with Gasteiger partial charge in [0.15, 0.2) is 0 Å². The number of amides is 1. The molecule has 0 aliphatic heterocycles. The van der Waals surface area contributed by atoms with Gasteiger partial charge in [0, 0.05) is 11.6 Å². The quantitative estimate of drug-likeness (QED) is 0.781. The van der Waals surface area contributed by atoms with Crippen LogP contribution in [0, 0.1) is 5.92 Å². The maximum Gasteiger partial charge on any atom is 0.251 e. The number of carbonyl (C=O) groups is 1. The maximum absolute atomic E-state index is 12.2. The number of rotatable bonds is 6. The van der Waals surface area contributed by atoms with Crippen LogP contribution in [0.5, 0.6) is 5.75 Å². The minimum absolute atomic E-state index is 0.0365. The van der Waals surface area contributed by atoms with E-state index >= 15 is 0 Å². The molecule has 0 saturated heterocycles. The second-order valence-electron chi connectivity index (χ2n) is 5.13. The Morgan fingerprint density at radius 3 is 2.80 bits per heavy atom. The minimum Gasteiger partial charge on any atom is -0.490 e. The van der Waals surface area contributed by atoms with Gasteiger partial charge in [0.1, 0.15) is 12.4 Å². The van der Waals surface area contributed by atoms with Crippen molar-refractivity contribution in [2.75, 3.05) is 13.2 Å². The summed E-state index contributed by atoms with van der Waals surface area (Å²) in [5, 5.41) is 3.08. The van der Waals surface area contributed by atoms with Gasteiger partial charge >= 0.3 is 0 Å². The summed E-state index contributed by atoms with van der Waals surface area (Å²) in [6.45, 7) is 4.70. The summed E-state index contributed by atoms with van der Waals surface area (Å²) in [5.41, 5.74) is 6.38. The van der Waals surface area contributed by atoms with Crippen molar-refractivity contribution in [2.24, 2.45) is 11.7 Å². The van der Waals surface area contributed by atoms with E-state index < -0.39 is 0 Å². The first-order chi connectivity index (χ1) is 9.74. The van der Waals surface area contributed by atoms with Crippen LogP contribution in [-0.4, -0.2) is 25.1 Å². The van der Waals surface area contributed by atoms with E-state index in [1.54, 1.807) is 30.3 Å². The lowest BCUT2D eigenvalue weighted by atomic mass is 10.0. The summed E-state index contributed by atoms with van der Waals surface area (Å²) >= 11 is 0. The van der Waals surface area contributed by atoms with Gasteiger partial charge in [-0.15, -0.1) is 0 Å². The van der Waals surface area contributed by atoms with Crippen LogP contribution in [0.1, 0.15) is 29.6 Å². The molecule has 1 aliphatic carbocycles. The highest BCUT2D eigenvalue weighted by molar-refractivity contribution is 5.94. The second-order valence-corrected chi connectivity index (χ2v) is 5.13. The lowest BCUT2D eigenvalue weighted by Crippen LogP contribution is -2.39. The van der Waals surface area contributed by atoms with Crippen molar-refractivity contribution in [3.05, 3.63) is 42.5 Å². The summed E-state index contributed by atoms with van der Waals surface area (Å²) in [5.74, 6) is 1.11. The van der Waals surface area contributed by atoms with Crippen LogP contribution in [0.2, 0.25) is 0 Å². The predicted molar refractivity (Wildman–Crippen MR) is 79.8 cm³/mol.